The summed E-state index contributed by atoms with van der Waals surface area (Å²) < 4.78 is 24.9. The Morgan fingerprint density at radius 3 is 2.48 bits per heavy atom. The molecule has 0 aromatic heterocycles. The molecule has 144 valence electrons. The van der Waals surface area contributed by atoms with Gasteiger partial charge in [0.05, 0.1) is 16.7 Å². The lowest BCUT2D eigenvalue weighted by Crippen LogP contribution is -2.36. The summed E-state index contributed by atoms with van der Waals surface area (Å²) in [5.41, 5.74) is 3.50. The van der Waals surface area contributed by atoms with E-state index < -0.39 is 9.84 Å². The Kier molecular flexibility index (Phi) is 5.43. The molecule has 0 aliphatic heterocycles. The number of amides is 1. The van der Waals surface area contributed by atoms with Gasteiger partial charge in [0.15, 0.2) is 9.84 Å². The van der Waals surface area contributed by atoms with Gasteiger partial charge in [0, 0.05) is 6.42 Å². The summed E-state index contributed by atoms with van der Waals surface area (Å²) in [6.07, 6.45) is 1.81. The second kappa shape index (κ2) is 7.47. The minimum Gasteiger partial charge on any atom is -0.349 e. The topological polar surface area (TPSA) is 63.2 Å². The van der Waals surface area contributed by atoms with Gasteiger partial charge in [0.25, 0.3) is 0 Å². The molecule has 0 bridgehead atoms. The van der Waals surface area contributed by atoms with Crippen LogP contribution in [0.4, 0.5) is 0 Å². The number of carbonyl (C=O) groups is 1. The van der Waals surface area contributed by atoms with Crippen molar-refractivity contribution in [3.63, 3.8) is 0 Å². The van der Waals surface area contributed by atoms with Crippen LogP contribution in [0.1, 0.15) is 55.8 Å². The molecular weight excluding hydrogens is 358 g/mol. The number of benzene rings is 2. The van der Waals surface area contributed by atoms with Crippen molar-refractivity contribution in [3.05, 3.63) is 65.2 Å². The van der Waals surface area contributed by atoms with Crippen LogP contribution in [-0.2, 0) is 20.0 Å². The van der Waals surface area contributed by atoms with E-state index in [1.807, 2.05) is 19.1 Å². The molecule has 0 heterocycles. The molecule has 4 nitrogen and oxygen atoms in total. The van der Waals surface area contributed by atoms with Crippen LogP contribution in [0.15, 0.2) is 53.4 Å². The van der Waals surface area contributed by atoms with Crippen LogP contribution >= 0.6 is 0 Å². The van der Waals surface area contributed by atoms with E-state index in [1.54, 1.807) is 24.3 Å². The van der Waals surface area contributed by atoms with E-state index in [0.717, 1.165) is 24.0 Å². The molecule has 5 heteroatoms. The van der Waals surface area contributed by atoms with Crippen molar-refractivity contribution in [2.24, 2.45) is 0 Å². The second-order valence-electron chi connectivity index (χ2n) is 8.01. The Hall–Kier alpha value is -2.14. The molecule has 1 amide bonds. The largest absolute Gasteiger partial charge is 0.349 e. The Labute approximate surface area is 161 Å². The Morgan fingerprint density at radius 1 is 1.11 bits per heavy atom. The maximum Gasteiger partial charge on any atom is 0.221 e. The summed E-state index contributed by atoms with van der Waals surface area (Å²) in [6.45, 7) is 6.35. The monoisotopic (exact) mass is 385 g/mol. The van der Waals surface area contributed by atoms with E-state index in [4.69, 9.17) is 0 Å². The van der Waals surface area contributed by atoms with Gasteiger partial charge in [0.2, 0.25) is 5.91 Å². The summed E-state index contributed by atoms with van der Waals surface area (Å²) in [5, 5.41) is 3.04. The first kappa shape index (κ1) is 19.6. The molecule has 1 atom stereocenters. The molecule has 3 rings (SSSR count). The molecule has 1 unspecified atom stereocenters. The average molecular weight is 386 g/mol. The van der Waals surface area contributed by atoms with Crippen LogP contribution in [0.3, 0.4) is 0 Å². The third-order valence-corrected chi connectivity index (χ3v) is 7.17. The Balaban J connectivity index is 1.66. The number of rotatable bonds is 5. The van der Waals surface area contributed by atoms with Gasteiger partial charge in [-0.15, -0.1) is 0 Å². The number of sulfone groups is 1. The molecule has 0 saturated carbocycles. The number of hydrogen-bond donors (Lipinski definition) is 1. The van der Waals surface area contributed by atoms with Gasteiger partial charge in [-0.2, -0.15) is 0 Å². The molecule has 0 radical (unpaired) electrons. The van der Waals surface area contributed by atoms with Crippen molar-refractivity contribution < 1.29 is 13.2 Å². The highest BCUT2D eigenvalue weighted by Gasteiger charge is 2.33. The molecular formula is C22H27NO3S. The van der Waals surface area contributed by atoms with Crippen molar-refractivity contribution in [2.45, 2.75) is 56.4 Å². The van der Waals surface area contributed by atoms with Crippen molar-refractivity contribution >= 4 is 15.7 Å². The van der Waals surface area contributed by atoms with Crippen LogP contribution < -0.4 is 5.32 Å². The second-order valence-corrected chi connectivity index (χ2v) is 10.1. The molecule has 1 N–H and O–H groups in total. The third kappa shape index (κ3) is 4.41. The van der Waals surface area contributed by atoms with E-state index in [2.05, 4.69) is 31.3 Å². The Morgan fingerprint density at radius 2 is 1.78 bits per heavy atom. The molecule has 1 aliphatic rings. The first-order valence-corrected chi connectivity index (χ1v) is 11.0. The molecule has 2 aromatic rings. The maximum absolute atomic E-state index is 12.4. The number of aryl methyl sites for hydroxylation is 1. The minimum atomic E-state index is -3.45. The number of fused-ring (bicyclic) bond motifs is 1. The molecule has 0 spiro atoms. The van der Waals surface area contributed by atoms with Gasteiger partial charge in [-0.3, -0.25) is 4.79 Å². The lowest BCUT2D eigenvalue weighted by molar-refractivity contribution is -0.121. The first-order valence-electron chi connectivity index (χ1n) is 9.37. The SMILES string of the molecule is Cc1ccc(S(=O)(=O)CCC(=O)NC2CCC(C)(C)c3ccccc32)cc1. The summed E-state index contributed by atoms with van der Waals surface area (Å²) in [7, 11) is -3.45. The van der Waals surface area contributed by atoms with Crippen molar-refractivity contribution in [1.82, 2.24) is 5.32 Å². The number of carbonyl (C=O) groups excluding carboxylic acids is 1. The third-order valence-electron chi connectivity index (χ3n) is 5.44. The highest BCUT2D eigenvalue weighted by Crippen LogP contribution is 2.41. The van der Waals surface area contributed by atoms with Crippen LogP contribution in [0.2, 0.25) is 0 Å². The molecule has 27 heavy (non-hydrogen) atoms. The zero-order valence-corrected chi connectivity index (χ0v) is 17.0. The quantitative estimate of drug-likeness (QED) is 0.843. The van der Waals surface area contributed by atoms with E-state index in [-0.39, 0.29) is 34.4 Å². The lowest BCUT2D eigenvalue weighted by atomic mass is 9.71. The van der Waals surface area contributed by atoms with Crippen molar-refractivity contribution in [2.75, 3.05) is 5.75 Å². The van der Waals surface area contributed by atoms with Crippen LogP contribution in [0.5, 0.6) is 0 Å². The van der Waals surface area contributed by atoms with Gasteiger partial charge in [-0.25, -0.2) is 8.42 Å². The summed E-state index contributed by atoms with van der Waals surface area (Å²) >= 11 is 0. The van der Waals surface area contributed by atoms with Gasteiger partial charge < -0.3 is 5.32 Å². The smallest absolute Gasteiger partial charge is 0.221 e. The highest BCUT2D eigenvalue weighted by molar-refractivity contribution is 7.91. The fourth-order valence-corrected chi connectivity index (χ4v) is 4.96. The normalized spacial score (nSPS) is 18.6. The zero-order chi connectivity index (χ0) is 19.7. The summed E-state index contributed by atoms with van der Waals surface area (Å²) in [6, 6.07) is 14.9. The standard InChI is InChI=1S/C22H27NO3S/c1-16-8-10-17(11-9-16)27(25,26)15-13-21(24)23-20-12-14-22(2,3)19-7-5-4-6-18(19)20/h4-11,20H,12-15H2,1-3H3,(H,23,24). The van der Waals surface area contributed by atoms with Crippen molar-refractivity contribution in [3.8, 4) is 0 Å². The van der Waals surface area contributed by atoms with Crippen LogP contribution in [0.25, 0.3) is 0 Å². The van der Waals surface area contributed by atoms with E-state index in [9.17, 15) is 13.2 Å². The maximum atomic E-state index is 12.4. The van der Waals surface area contributed by atoms with Crippen LogP contribution in [-0.4, -0.2) is 20.1 Å². The first-order chi connectivity index (χ1) is 12.7. The lowest BCUT2D eigenvalue weighted by Gasteiger charge is -2.37. The highest BCUT2D eigenvalue weighted by atomic mass is 32.2. The van der Waals surface area contributed by atoms with Gasteiger partial charge in [-0.1, -0.05) is 55.8 Å². The predicted molar refractivity (Wildman–Crippen MR) is 107 cm³/mol. The number of nitrogens with one attached hydrogen (secondary N) is 1. The summed E-state index contributed by atoms with van der Waals surface area (Å²) in [5.74, 6) is -0.396. The molecule has 2 aromatic carbocycles. The van der Waals surface area contributed by atoms with E-state index in [0.29, 0.717) is 0 Å². The Bertz CT molecular complexity index is 930. The van der Waals surface area contributed by atoms with Crippen molar-refractivity contribution in [1.29, 1.82) is 0 Å². The van der Waals surface area contributed by atoms with Gasteiger partial charge >= 0.3 is 0 Å². The van der Waals surface area contributed by atoms with Crippen LogP contribution in [0, 0.1) is 6.92 Å². The predicted octanol–water partition coefficient (Wildman–Crippen LogP) is 4.09. The summed E-state index contributed by atoms with van der Waals surface area (Å²) in [4.78, 5) is 12.7. The van der Waals surface area contributed by atoms with Gasteiger partial charge in [0.1, 0.15) is 0 Å². The average Bonchev–Trinajstić information content (AvgIpc) is 2.63. The number of hydrogen-bond acceptors (Lipinski definition) is 3. The van der Waals surface area contributed by atoms with E-state index >= 15 is 0 Å². The minimum absolute atomic E-state index is 0.0295. The fraction of sp³-hybridized carbons (Fsp3) is 0.409. The molecule has 1 aliphatic carbocycles. The molecule has 0 fully saturated rings. The molecule has 0 saturated heterocycles. The van der Waals surface area contributed by atoms with Gasteiger partial charge in [-0.05, 0) is 48.4 Å². The zero-order valence-electron chi connectivity index (χ0n) is 16.2. The van der Waals surface area contributed by atoms with E-state index in [1.165, 1.54) is 5.56 Å². The fourth-order valence-electron chi connectivity index (χ4n) is 3.72.